The third kappa shape index (κ3) is 4.13. The van der Waals surface area contributed by atoms with Gasteiger partial charge in [0.2, 0.25) is 10.0 Å². The summed E-state index contributed by atoms with van der Waals surface area (Å²) in [6, 6.07) is 25.6. The van der Waals surface area contributed by atoms with Crippen molar-refractivity contribution in [3.05, 3.63) is 101 Å². The average molecular weight is 587 g/mol. The summed E-state index contributed by atoms with van der Waals surface area (Å²) < 4.78 is 42.5. The molecule has 0 aromatic heterocycles. The fraction of sp³-hybridized carbons (Fsp3) is 0.441. The van der Waals surface area contributed by atoms with Gasteiger partial charge in [-0.1, -0.05) is 72.8 Å². The van der Waals surface area contributed by atoms with Crippen LogP contribution in [0.1, 0.15) is 48.4 Å². The number of nitrogens with zero attached hydrogens (tertiary/aromatic N) is 2. The molecule has 7 nitrogen and oxygen atoms in total. The van der Waals surface area contributed by atoms with Crippen LogP contribution in [0.2, 0.25) is 0 Å². The maximum Gasteiger partial charge on any atom is 0.303 e. The molecule has 7 rings (SSSR count). The zero-order chi connectivity index (χ0) is 29.1. The van der Waals surface area contributed by atoms with Crippen molar-refractivity contribution in [3.8, 4) is 5.75 Å². The van der Waals surface area contributed by atoms with E-state index in [-0.39, 0.29) is 23.8 Å². The second kappa shape index (κ2) is 10.2. The lowest BCUT2D eigenvalue weighted by molar-refractivity contribution is -0.221. The molecule has 2 aliphatic heterocycles. The number of piperidine rings is 1. The van der Waals surface area contributed by atoms with Gasteiger partial charge in [-0.3, -0.25) is 9.69 Å². The molecule has 5 atom stereocenters. The van der Waals surface area contributed by atoms with Gasteiger partial charge < -0.3 is 9.47 Å². The van der Waals surface area contributed by atoms with E-state index in [1.165, 1.54) is 18.1 Å². The molecule has 2 bridgehead atoms. The normalized spacial score (nSPS) is 29.5. The molecule has 0 N–H and O–H groups in total. The Bertz CT molecular complexity index is 1600. The van der Waals surface area contributed by atoms with Crippen molar-refractivity contribution in [1.82, 2.24) is 9.21 Å². The largest absolute Gasteiger partial charge is 0.487 e. The minimum absolute atomic E-state index is 0.0157. The molecule has 2 aliphatic carbocycles. The smallest absolute Gasteiger partial charge is 0.303 e. The van der Waals surface area contributed by atoms with Crippen LogP contribution in [-0.2, 0) is 43.6 Å². The van der Waals surface area contributed by atoms with Gasteiger partial charge in [0.05, 0.1) is 23.3 Å². The standard InChI is InChI=1S/C34H38N2O5S/c1-24(37)41-34-18-16-28(35(2)42(38,39)23-26-12-7-4-8-13-26)32-33(34)19-21-36(20-17-25-10-5-3-6-11-25)30(34)22-27-14-9-15-29(40-32)31(27)33/h3-15,28,30,32H,16-23H2,1-2H3/t28?,30-,32?,33+,34-/m1/s1. The number of likely N-dealkylation sites (tertiary alicyclic amines) is 1. The predicted octanol–water partition coefficient (Wildman–Crippen LogP) is 4.48. The molecule has 42 heavy (non-hydrogen) atoms. The molecule has 2 heterocycles. The summed E-state index contributed by atoms with van der Waals surface area (Å²) in [6.07, 6.45) is 3.12. The minimum atomic E-state index is -3.64. The van der Waals surface area contributed by atoms with E-state index in [4.69, 9.17) is 9.47 Å². The Morgan fingerprint density at radius 3 is 2.43 bits per heavy atom. The Hall–Kier alpha value is -3.20. The summed E-state index contributed by atoms with van der Waals surface area (Å²) in [4.78, 5) is 15.4. The van der Waals surface area contributed by atoms with E-state index in [1.807, 2.05) is 48.5 Å². The minimum Gasteiger partial charge on any atom is -0.487 e. The van der Waals surface area contributed by atoms with Gasteiger partial charge in [-0.05, 0) is 61.4 Å². The van der Waals surface area contributed by atoms with Gasteiger partial charge in [0.25, 0.3) is 0 Å². The quantitative estimate of drug-likeness (QED) is 0.363. The monoisotopic (exact) mass is 586 g/mol. The first-order valence-electron chi connectivity index (χ1n) is 15.0. The van der Waals surface area contributed by atoms with E-state index in [1.54, 1.807) is 11.4 Å². The zero-order valence-corrected chi connectivity index (χ0v) is 25.1. The third-order valence-electron chi connectivity index (χ3n) is 10.4. The van der Waals surface area contributed by atoms with Crippen molar-refractivity contribution in [1.29, 1.82) is 0 Å². The fourth-order valence-corrected chi connectivity index (χ4v) is 10.1. The number of ether oxygens (including phenoxy) is 2. The molecule has 2 unspecified atom stereocenters. The number of carbonyl (C=O) groups excluding carboxylic acids is 1. The van der Waals surface area contributed by atoms with E-state index in [2.05, 4.69) is 35.2 Å². The lowest BCUT2D eigenvalue weighted by Crippen LogP contribution is -2.79. The summed E-state index contributed by atoms with van der Waals surface area (Å²) in [7, 11) is -1.94. The summed E-state index contributed by atoms with van der Waals surface area (Å²) in [5.74, 6) is 0.453. The van der Waals surface area contributed by atoms with E-state index < -0.39 is 27.1 Å². The van der Waals surface area contributed by atoms with Crippen LogP contribution in [0.5, 0.6) is 5.75 Å². The van der Waals surface area contributed by atoms with Crippen molar-refractivity contribution < 1.29 is 22.7 Å². The highest BCUT2D eigenvalue weighted by Crippen LogP contribution is 2.65. The van der Waals surface area contributed by atoms with Crippen LogP contribution in [0.25, 0.3) is 0 Å². The third-order valence-corrected chi connectivity index (χ3v) is 12.2. The summed E-state index contributed by atoms with van der Waals surface area (Å²) in [6.45, 7) is 3.20. The zero-order valence-electron chi connectivity index (χ0n) is 24.2. The maximum atomic E-state index is 13.8. The fourth-order valence-electron chi connectivity index (χ4n) is 8.66. The number of rotatable bonds is 8. The van der Waals surface area contributed by atoms with Crippen LogP contribution in [0.15, 0.2) is 78.9 Å². The summed E-state index contributed by atoms with van der Waals surface area (Å²) >= 11 is 0. The number of likely N-dealkylation sites (N-methyl/N-ethyl adjacent to an activating group) is 1. The van der Waals surface area contributed by atoms with Crippen molar-refractivity contribution in [3.63, 3.8) is 0 Å². The van der Waals surface area contributed by atoms with Crippen molar-refractivity contribution >= 4 is 16.0 Å². The summed E-state index contributed by atoms with van der Waals surface area (Å²) in [5, 5.41) is 0. The molecule has 3 aromatic carbocycles. The Labute approximate surface area is 248 Å². The Kier molecular flexibility index (Phi) is 6.72. The lowest BCUT2D eigenvalue weighted by atomic mass is 9.48. The maximum absolute atomic E-state index is 13.8. The molecule has 2 fully saturated rings. The van der Waals surface area contributed by atoms with Crippen LogP contribution >= 0.6 is 0 Å². The number of esters is 1. The highest BCUT2D eigenvalue weighted by atomic mass is 32.2. The van der Waals surface area contributed by atoms with Gasteiger partial charge in [0.1, 0.15) is 17.5 Å². The van der Waals surface area contributed by atoms with E-state index in [0.29, 0.717) is 12.8 Å². The van der Waals surface area contributed by atoms with Gasteiger partial charge in [0.15, 0.2) is 0 Å². The molecule has 1 spiro atoms. The van der Waals surface area contributed by atoms with Crippen molar-refractivity contribution in [2.75, 3.05) is 20.1 Å². The second-order valence-electron chi connectivity index (χ2n) is 12.4. The molecular weight excluding hydrogens is 548 g/mol. The molecule has 4 aliphatic rings. The van der Waals surface area contributed by atoms with Gasteiger partial charge in [-0.2, -0.15) is 4.31 Å². The number of carbonyl (C=O) groups is 1. The van der Waals surface area contributed by atoms with Crippen LogP contribution < -0.4 is 4.74 Å². The van der Waals surface area contributed by atoms with Crippen LogP contribution in [0.4, 0.5) is 0 Å². The van der Waals surface area contributed by atoms with Gasteiger partial charge >= 0.3 is 5.97 Å². The van der Waals surface area contributed by atoms with Gasteiger partial charge in [-0.15, -0.1) is 0 Å². The molecule has 220 valence electrons. The molecule has 0 amide bonds. The average Bonchev–Trinajstić information content (AvgIpc) is 3.32. The second-order valence-corrected chi connectivity index (χ2v) is 14.4. The molecule has 8 heteroatoms. The van der Waals surface area contributed by atoms with E-state index in [9.17, 15) is 13.2 Å². The number of hydrogen-bond acceptors (Lipinski definition) is 6. The van der Waals surface area contributed by atoms with Crippen LogP contribution in [0, 0.1) is 0 Å². The highest BCUT2D eigenvalue weighted by molar-refractivity contribution is 7.88. The molecule has 0 radical (unpaired) electrons. The first-order chi connectivity index (χ1) is 20.2. The molecule has 1 saturated heterocycles. The number of benzene rings is 3. The summed E-state index contributed by atoms with van der Waals surface area (Å²) in [5.41, 5.74) is 3.00. The van der Waals surface area contributed by atoms with E-state index in [0.717, 1.165) is 49.2 Å². The lowest BCUT2D eigenvalue weighted by Gasteiger charge is -2.65. The highest BCUT2D eigenvalue weighted by Gasteiger charge is 2.75. The SMILES string of the molecule is CC(=O)O[C@@]12CCC(N(C)S(=O)(=O)Cc3ccccc3)C3Oc4cccc5c4[C@@]31CCN(CCc1ccccc1)[C@@H]2C5. The van der Waals surface area contributed by atoms with Crippen LogP contribution in [0.3, 0.4) is 0 Å². The van der Waals surface area contributed by atoms with Crippen molar-refractivity contribution in [2.45, 2.75) is 74.0 Å². The molecule has 3 aromatic rings. The van der Waals surface area contributed by atoms with E-state index >= 15 is 0 Å². The van der Waals surface area contributed by atoms with Crippen LogP contribution in [-0.4, -0.2) is 67.5 Å². The van der Waals surface area contributed by atoms with Crippen molar-refractivity contribution in [2.24, 2.45) is 0 Å². The molecular formula is C34H38N2O5S. The first-order valence-corrected chi connectivity index (χ1v) is 16.6. The Balaban J connectivity index is 1.29. The predicted molar refractivity (Wildman–Crippen MR) is 161 cm³/mol. The van der Waals surface area contributed by atoms with Gasteiger partial charge in [-0.25, -0.2) is 8.42 Å². The molecule has 1 saturated carbocycles. The van der Waals surface area contributed by atoms with Gasteiger partial charge in [0, 0.05) is 26.1 Å². The topological polar surface area (TPSA) is 76.1 Å². The Morgan fingerprint density at radius 2 is 1.71 bits per heavy atom. The number of sulfonamides is 1. The first kappa shape index (κ1) is 27.6. The number of hydrogen-bond donors (Lipinski definition) is 0. The Morgan fingerprint density at radius 1 is 1.00 bits per heavy atom.